The Morgan fingerprint density at radius 1 is 1.35 bits per heavy atom. The summed E-state index contributed by atoms with van der Waals surface area (Å²) >= 11 is 0. The van der Waals surface area contributed by atoms with Gasteiger partial charge in [0.05, 0.1) is 19.3 Å². The monoisotopic (exact) mass is 320 g/mol. The van der Waals surface area contributed by atoms with E-state index in [2.05, 4.69) is 10.2 Å². The van der Waals surface area contributed by atoms with E-state index in [4.69, 9.17) is 4.74 Å². The van der Waals surface area contributed by atoms with Crippen LogP contribution in [0.25, 0.3) is 0 Å². The molecule has 128 valence electrons. The molecule has 1 heterocycles. The van der Waals surface area contributed by atoms with Gasteiger partial charge < -0.3 is 15.2 Å². The maximum Gasteiger partial charge on any atom is 0.237 e. The zero-order valence-corrected chi connectivity index (χ0v) is 14.3. The van der Waals surface area contributed by atoms with Gasteiger partial charge in [-0.2, -0.15) is 0 Å². The minimum Gasteiger partial charge on any atom is -0.496 e. The molecular weight excluding hydrogens is 292 g/mol. The van der Waals surface area contributed by atoms with Crippen molar-refractivity contribution in [2.45, 2.75) is 45.4 Å². The van der Waals surface area contributed by atoms with Crippen molar-refractivity contribution in [1.29, 1.82) is 0 Å². The SMILES string of the molecule is COc1ccccc1CNC(=O)C(C)N1CCC(C(C)O)CC1. The summed E-state index contributed by atoms with van der Waals surface area (Å²) in [6.45, 7) is 5.99. The van der Waals surface area contributed by atoms with Crippen LogP contribution in [0, 0.1) is 5.92 Å². The Morgan fingerprint density at radius 3 is 2.61 bits per heavy atom. The van der Waals surface area contributed by atoms with Gasteiger partial charge in [0.1, 0.15) is 5.75 Å². The molecule has 1 aliphatic heterocycles. The first-order valence-corrected chi connectivity index (χ1v) is 8.34. The van der Waals surface area contributed by atoms with E-state index in [0.717, 1.165) is 37.2 Å². The van der Waals surface area contributed by atoms with Gasteiger partial charge in [-0.25, -0.2) is 0 Å². The first-order chi connectivity index (χ1) is 11.0. The molecule has 5 heteroatoms. The molecule has 0 aromatic heterocycles. The van der Waals surface area contributed by atoms with Gasteiger partial charge in [-0.1, -0.05) is 18.2 Å². The molecule has 2 N–H and O–H groups in total. The third kappa shape index (κ3) is 4.69. The van der Waals surface area contributed by atoms with Crippen LogP contribution in [0.1, 0.15) is 32.3 Å². The van der Waals surface area contributed by atoms with Crippen LogP contribution < -0.4 is 10.1 Å². The number of rotatable bonds is 6. The Bertz CT molecular complexity index is 511. The third-order valence-electron chi connectivity index (χ3n) is 4.83. The lowest BCUT2D eigenvalue weighted by molar-refractivity contribution is -0.126. The summed E-state index contributed by atoms with van der Waals surface area (Å²) in [5.41, 5.74) is 0.975. The first-order valence-electron chi connectivity index (χ1n) is 8.34. The highest BCUT2D eigenvalue weighted by Gasteiger charge is 2.28. The van der Waals surface area contributed by atoms with Gasteiger partial charge in [0.15, 0.2) is 0 Å². The largest absolute Gasteiger partial charge is 0.496 e. The van der Waals surface area contributed by atoms with Crippen molar-refractivity contribution in [3.05, 3.63) is 29.8 Å². The molecule has 1 saturated heterocycles. The van der Waals surface area contributed by atoms with Crippen LogP contribution in [0.5, 0.6) is 5.75 Å². The predicted octanol–water partition coefficient (Wildman–Crippen LogP) is 1.79. The van der Waals surface area contributed by atoms with E-state index in [9.17, 15) is 9.90 Å². The van der Waals surface area contributed by atoms with Gasteiger partial charge in [0.25, 0.3) is 0 Å². The standard InChI is InChI=1S/C18H28N2O3/c1-13(20-10-8-15(9-11-20)14(2)21)18(22)19-12-16-6-4-5-7-17(16)23-3/h4-7,13-15,21H,8-12H2,1-3H3,(H,19,22). The average molecular weight is 320 g/mol. The summed E-state index contributed by atoms with van der Waals surface area (Å²) in [7, 11) is 1.63. The van der Waals surface area contributed by atoms with E-state index in [-0.39, 0.29) is 18.1 Å². The molecule has 0 radical (unpaired) electrons. The summed E-state index contributed by atoms with van der Waals surface area (Å²) in [4.78, 5) is 14.6. The maximum absolute atomic E-state index is 12.4. The molecular formula is C18H28N2O3. The quantitative estimate of drug-likeness (QED) is 0.839. The zero-order valence-electron chi connectivity index (χ0n) is 14.3. The smallest absolute Gasteiger partial charge is 0.237 e. The Balaban J connectivity index is 1.84. The van der Waals surface area contributed by atoms with Crippen molar-refractivity contribution < 1.29 is 14.6 Å². The van der Waals surface area contributed by atoms with Gasteiger partial charge in [-0.15, -0.1) is 0 Å². The van der Waals surface area contributed by atoms with E-state index in [1.807, 2.05) is 38.1 Å². The molecule has 0 aliphatic carbocycles. The van der Waals surface area contributed by atoms with Crippen LogP contribution >= 0.6 is 0 Å². The number of carbonyl (C=O) groups is 1. The zero-order chi connectivity index (χ0) is 16.8. The van der Waals surface area contributed by atoms with Crippen LogP contribution in [0.3, 0.4) is 0 Å². The molecule has 23 heavy (non-hydrogen) atoms. The molecule has 0 bridgehead atoms. The number of nitrogens with zero attached hydrogens (tertiary/aromatic N) is 1. The number of benzene rings is 1. The molecule has 1 aromatic rings. The van der Waals surface area contributed by atoms with Crippen LogP contribution in [0.2, 0.25) is 0 Å². The Hall–Kier alpha value is -1.59. The van der Waals surface area contributed by atoms with Crippen molar-refractivity contribution in [2.75, 3.05) is 20.2 Å². The lowest BCUT2D eigenvalue weighted by Crippen LogP contribution is -2.49. The maximum atomic E-state index is 12.4. The van der Waals surface area contributed by atoms with Crippen LogP contribution in [-0.4, -0.2) is 48.3 Å². The van der Waals surface area contributed by atoms with E-state index >= 15 is 0 Å². The van der Waals surface area contributed by atoms with E-state index in [0.29, 0.717) is 12.5 Å². The predicted molar refractivity (Wildman–Crippen MR) is 90.3 cm³/mol. The summed E-state index contributed by atoms with van der Waals surface area (Å²) in [6.07, 6.45) is 1.63. The molecule has 2 unspecified atom stereocenters. The molecule has 2 rings (SSSR count). The number of para-hydroxylation sites is 1. The fourth-order valence-electron chi connectivity index (χ4n) is 3.13. The second-order valence-corrected chi connectivity index (χ2v) is 6.32. The van der Waals surface area contributed by atoms with Crippen molar-refractivity contribution in [1.82, 2.24) is 10.2 Å². The number of carbonyl (C=O) groups excluding carboxylic acids is 1. The van der Waals surface area contributed by atoms with Crippen molar-refractivity contribution in [3.63, 3.8) is 0 Å². The van der Waals surface area contributed by atoms with Crippen molar-refractivity contribution in [2.24, 2.45) is 5.92 Å². The number of amides is 1. The minimum absolute atomic E-state index is 0.0337. The molecule has 1 aliphatic rings. The van der Waals surface area contributed by atoms with Crippen LogP contribution in [0.15, 0.2) is 24.3 Å². The van der Waals surface area contributed by atoms with Crippen LogP contribution in [0.4, 0.5) is 0 Å². The molecule has 0 spiro atoms. The summed E-state index contributed by atoms with van der Waals surface area (Å²) in [6, 6.07) is 7.55. The second-order valence-electron chi connectivity index (χ2n) is 6.32. The van der Waals surface area contributed by atoms with Crippen molar-refractivity contribution in [3.8, 4) is 5.75 Å². The highest BCUT2D eigenvalue weighted by atomic mass is 16.5. The van der Waals surface area contributed by atoms with Gasteiger partial charge in [0, 0.05) is 12.1 Å². The molecule has 1 amide bonds. The summed E-state index contributed by atoms with van der Waals surface area (Å²) in [5, 5.41) is 12.7. The lowest BCUT2D eigenvalue weighted by Gasteiger charge is -2.36. The normalized spacial score (nSPS) is 19.1. The first kappa shape index (κ1) is 17.8. The Morgan fingerprint density at radius 2 is 2.00 bits per heavy atom. The van der Waals surface area contributed by atoms with Gasteiger partial charge >= 0.3 is 0 Å². The van der Waals surface area contributed by atoms with Gasteiger partial charge in [-0.3, -0.25) is 9.69 Å². The molecule has 1 fully saturated rings. The highest BCUT2D eigenvalue weighted by molar-refractivity contribution is 5.81. The van der Waals surface area contributed by atoms with Crippen molar-refractivity contribution >= 4 is 5.91 Å². The number of hydrogen-bond acceptors (Lipinski definition) is 4. The Kier molecular flexibility index (Phi) is 6.42. The fourth-order valence-corrected chi connectivity index (χ4v) is 3.13. The molecule has 1 aromatic carbocycles. The number of hydrogen-bond donors (Lipinski definition) is 2. The van der Waals surface area contributed by atoms with E-state index < -0.39 is 0 Å². The lowest BCUT2D eigenvalue weighted by atomic mass is 9.91. The molecule has 2 atom stereocenters. The van der Waals surface area contributed by atoms with Gasteiger partial charge in [0.2, 0.25) is 5.91 Å². The number of ether oxygens (including phenoxy) is 1. The number of likely N-dealkylation sites (tertiary alicyclic amines) is 1. The second kappa shape index (κ2) is 8.31. The molecule has 5 nitrogen and oxygen atoms in total. The van der Waals surface area contributed by atoms with E-state index in [1.165, 1.54) is 0 Å². The highest BCUT2D eigenvalue weighted by Crippen LogP contribution is 2.22. The molecule has 0 saturated carbocycles. The van der Waals surface area contributed by atoms with Gasteiger partial charge in [-0.05, 0) is 51.8 Å². The number of aliphatic hydroxyl groups is 1. The fraction of sp³-hybridized carbons (Fsp3) is 0.611. The van der Waals surface area contributed by atoms with E-state index in [1.54, 1.807) is 7.11 Å². The number of methoxy groups -OCH3 is 1. The third-order valence-corrected chi connectivity index (χ3v) is 4.83. The minimum atomic E-state index is -0.258. The Labute approximate surface area is 138 Å². The topological polar surface area (TPSA) is 61.8 Å². The van der Waals surface area contributed by atoms with Crippen LogP contribution in [-0.2, 0) is 11.3 Å². The number of piperidine rings is 1. The summed E-state index contributed by atoms with van der Waals surface area (Å²) in [5.74, 6) is 1.18. The number of aliphatic hydroxyl groups excluding tert-OH is 1. The summed E-state index contributed by atoms with van der Waals surface area (Å²) < 4.78 is 5.30. The number of nitrogens with one attached hydrogen (secondary N) is 1. The average Bonchev–Trinajstić information content (AvgIpc) is 2.59.